The van der Waals surface area contributed by atoms with Crippen LogP contribution in [0.15, 0.2) is 79.4 Å². The van der Waals surface area contributed by atoms with E-state index in [1.54, 1.807) is 18.6 Å². The number of ether oxygens (including phenoxy) is 1. The van der Waals surface area contributed by atoms with Gasteiger partial charge in [-0.1, -0.05) is 24.3 Å². The highest BCUT2D eigenvalue weighted by Crippen LogP contribution is 2.39. The second kappa shape index (κ2) is 7.85. The normalized spacial score (nSPS) is 10.8. The first kappa shape index (κ1) is 19.3. The van der Waals surface area contributed by atoms with Gasteiger partial charge in [-0.2, -0.15) is 5.26 Å². The van der Waals surface area contributed by atoms with Gasteiger partial charge in [0.2, 0.25) is 0 Å². The van der Waals surface area contributed by atoms with E-state index < -0.39 is 0 Å². The monoisotopic (exact) mass is 418 g/mol. The Bertz CT molecular complexity index is 1460. The van der Waals surface area contributed by atoms with Gasteiger partial charge in [-0.3, -0.25) is 4.98 Å². The minimum Gasteiger partial charge on any atom is -0.424 e. The summed E-state index contributed by atoms with van der Waals surface area (Å²) in [5.74, 6) is 0.609. The van der Waals surface area contributed by atoms with E-state index in [4.69, 9.17) is 10.5 Å². The molecule has 0 aliphatic heterocycles. The number of nitriles is 1. The average molecular weight is 418 g/mol. The molecule has 5 aromatic rings. The molecule has 3 aromatic heterocycles. The maximum atomic E-state index is 10.0. The van der Waals surface area contributed by atoms with Gasteiger partial charge in [0.1, 0.15) is 11.8 Å². The van der Waals surface area contributed by atoms with Gasteiger partial charge < -0.3 is 14.9 Å². The number of nitrogen functional groups attached to an aromatic ring is 1. The average Bonchev–Trinajstić information content (AvgIpc) is 3.14. The molecule has 0 unspecified atom stereocenters. The summed E-state index contributed by atoms with van der Waals surface area (Å²) in [6, 6.07) is 19.6. The predicted molar refractivity (Wildman–Crippen MR) is 122 cm³/mol. The van der Waals surface area contributed by atoms with Crippen molar-refractivity contribution in [1.82, 2.24) is 19.4 Å². The van der Waals surface area contributed by atoms with Crippen molar-refractivity contribution in [3.05, 3.63) is 90.6 Å². The Labute approximate surface area is 184 Å². The molecule has 0 aliphatic carbocycles. The van der Waals surface area contributed by atoms with Crippen LogP contribution in [0.1, 0.15) is 11.3 Å². The smallest absolute Gasteiger partial charge is 0.322 e. The molecular formula is C25H18N6O. The highest BCUT2D eigenvalue weighted by Gasteiger charge is 2.21. The molecule has 0 saturated heterocycles. The zero-order valence-corrected chi connectivity index (χ0v) is 17.2. The Morgan fingerprint density at radius 2 is 1.72 bits per heavy atom. The van der Waals surface area contributed by atoms with Crippen LogP contribution in [-0.4, -0.2) is 19.4 Å². The summed E-state index contributed by atoms with van der Waals surface area (Å²) in [6.45, 7) is 1.88. The third-order valence-electron chi connectivity index (χ3n) is 5.16. The number of benzene rings is 2. The van der Waals surface area contributed by atoms with E-state index in [2.05, 4.69) is 21.0 Å². The molecular weight excluding hydrogens is 400 g/mol. The van der Waals surface area contributed by atoms with Gasteiger partial charge in [0, 0.05) is 35.5 Å². The quantitative estimate of drug-likeness (QED) is 0.412. The van der Waals surface area contributed by atoms with Gasteiger partial charge in [-0.25, -0.2) is 9.97 Å². The number of nitrogens with two attached hydrogens (primary N) is 1. The standard InChI is InChI=1S/C25H18N6O/c1-16-10-11-29-25(30-16)32-20-8-4-17(5-9-20)23-21(14-26)22-15-28-12-13-31(22)24(23)18-2-6-19(27)7-3-18/h2-13,15H,27H2,1H3. The molecule has 154 valence electrons. The molecule has 7 nitrogen and oxygen atoms in total. The lowest BCUT2D eigenvalue weighted by molar-refractivity contribution is 0.440. The number of fused-ring (bicyclic) bond motifs is 1. The van der Waals surface area contributed by atoms with Crippen molar-refractivity contribution in [2.75, 3.05) is 5.73 Å². The molecule has 32 heavy (non-hydrogen) atoms. The van der Waals surface area contributed by atoms with Crippen LogP contribution < -0.4 is 10.5 Å². The molecule has 2 N–H and O–H groups in total. The molecule has 5 rings (SSSR count). The van der Waals surface area contributed by atoms with Crippen molar-refractivity contribution < 1.29 is 4.74 Å². The largest absolute Gasteiger partial charge is 0.424 e. The van der Waals surface area contributed by atoms with Crippen LogP contribution in [0.25, 0.3) is 27.9 Å². The third-order valence-corrected chi connectivity index (χ3v) is 5.16. The van der Waals surface area contributed by atoms with E-state index in [1.165, 1.54) is 0 Å². The summed E-state index contributed by atoms with van der Waals surface area (Å²) in [5.41, 5.74) is 12.3. The molecule has 0 spiro atoms. The first-order valence-electron chi connectivity index (χ1n) is 9.96. The molecule has 0 saturated carbocycles. The minimum absolute atomic E-state index is 0.290. The first-order chi connectivity index (χ1) is 15.6. The SMILES string of the molecule is Cc1ccnc(Oc2ccc(-c3c(C#N)c4cnccn4c3-c3ccc(N)cc3)cc2)n1. The Hall–Kier alpha value is -4.70. The molecule has 0 amide bonds. The lowest BCUT2D eigenvalue weighted by Gasteiger charge is -2.09. The van der Waals surface area contributed by atoms with Gasteiger partial charge >= 0.3 is 6.01 Å². The van der Waals surface area contributed by atoms with E-state index in [1.807, 2.05) is 72.1 Å². The van der Waals surface area contributed by atoms with E-state index in [-0.39, 0.29) is 0 Å². The van der Waals surface area contributed by atoms with Crippen molar-refractivity contribution in [2.45, 2.75) is 6.92 Å². The van der Waals surface area contributed by atoms with Crippen molar-refractivity contribution in [1.29, 1.82) is 5.26 Å². The molecule has 7 heteroatoms. The Morgan fingerprint density at radius 1 is 0.969 bits per heavy atom. The first-order valence-corrected chi connectivity index (χ1v) is 9.96. The summed E-state index contributed by atoms with van der Waals surface area (Å²) in [6.07, 6.45) is 6.93. The lowest BCUT2D eigenvalue weighted by Crippen LogP contribution is -1.93. The van der Waals surface area contributed by atoms with Crippen LogP contribution in [0.5, 0.6) is 11.8 Å². The molecule has 0 atom stereocenters. The number of hydrogen-bond acceptors (Lipinski definition) is 6. The van der Waals surface area contributed by atoms with Crippen LogP contribution in [0.4, 0.5) is 5.69 Å². The maximum absolute atomic E-state index is 10.0. The Morgan fingerprint density at radius 3 is 2.44 bits per heavy atom. The maximum Gasteiger partial charge on any atom is 0.322 e. The van der Waals surface area contributed by atoms with Crippen LogP contribution in [0.2, 0.25) is 0 Å². The fraction of sp³-hybridized carbons (Fsp3) is 0.0400. The molecule has 0 aliphatic rings. The van der Waals surface area contributed by atoms with Crippen molar-refractivity contribution in [3.63, 3.8) is 0 Å². The summed E-state index contributed by atoms with van der Waals surface area (Å²) in [7, 11) is 0. The zero-order valence-electron chi connectivity index (χ0n) is 17.2. The zero-order chi connectivity index (χ0) is 22.1. The summed E-state index contributed by atoms with van der Waals surface area (Å²) < 4.78 is 7.76. The van der Waals surface area contributed by atoms with Crippen molar-refractivity contribution >= 4 is 11.2 Å². The van der Waals surface area contributed by atoms with Crippen LogP contribution in [-0.2, 0) is 0 Å². The van der Waals surface area contributed by atoms with E-state index in [0.717, 1.165) is 33.6 Å². The number of aryl methyl sites for hydroxylation is 1. The van der Waals surface area contributed by atoms with E-state index in [9.17, 15) is 5.26 Å². The molecule has 2 aromatic carbocycles. The van der Waals surface area contributed by atoms with Crippen LogP contribution in [0.3, 0.4) is 0 Å². The molecule has 3 heterocycles. The topological polar surface area (TPSA) is 102 Å². The van der Waals surface area contributed by atoms with Crippen LogP contribution >= 0.6 is 0 Å². The number of anilines is 1. The lowest BCUT2D eigenvalue weighted by atomic mass is 9.97. The Balaban J connectivity index is 1.64. The molecule has 0 bridgehead atoms. The highest BCUT2D eigenvalue weighted by molar-refractivity contribution is 5.93. The van der Waals surface area contributed by atoms with Gasteiger partial charge in [0.05, 0.1) is 23.0 Å². The third kappa shape index (κ3) is 3.40. The fourth-order valence-electron chi connectivity index (χ4n) is 3.70. The van der Waals surface area contributed by atoms with Crippen molar-refractivity contribution in [3.8, 4) is 40.2 Å². The fourth-order valence-corrected chi connectivity index (χ4v) is 3.70. The summed E-state index contributed by atoms with van der Waals surface area (Å²) >= 11 is 0. The minimum atomic E-state index is 0.290. The van der Waals surface area contributed by atoms with Gasteiger partial charge in [0.15, 0.2) is 0 Å². The number of aromatic nitrogens is 4. The van der Waals surface area contributed by atoms with Gasteiger partial charge in [-0.05, 0) is 48.4 Å². The predicted octanol–water partition coefficient (Wildman–Crippen LogP) is 5.01. The van der Waals surface area contributed by atoms with Crippen molar-refractivity contribution in [2.24, 2.45) is 0 Å². The summed E-state index contributed by atoms with van der Waals surface area (Å²) in [5, 5.41) is 10.0. The second-order valence-electron chi connectivity index (χ2n) is 7.27. The second-order valence-corrected chi connectivity index (χ2v) is 7.27. The highest BCUT2D eigenvalue weighted by atomic mass is 16.5. The van der Waals surface area contributed by atoms with Gasteiger partial charge in [-0.15, -0.1) is 0 Å². The molecule has 0 fully saturated rings. The molecule has 0 radical (unpaired) electrons. The van der Waals surface area contributed by atoms with E-state index >= 15 is 0 Å². The van der Waals surface area contributed by atoms with E-state index in [0.29, 0.717) is 23.0 Å². The number of hydrogen-bond donors (Lipinski definition) is 1. The Kier molecular flexibility index (Phi) is 4.73. The number of rotatable bonds is 4. The summed E-state index contributed by atoms with van der Waals surface area (Å²) in [4.78, 5) is 12.6. The van der Waals surface area contributed by atoms with Crippen LogP contribution in [0, 0.1) is 18.3 Å². The number of nitrogens with zero attached hydrogens (tertiary/aromatic N) is 5. The van der Waals surface area contributed by atoms with Gasteiger partial charge in [0.25, 0.3) is 0 Å².